The van der Waals surface area contributed by atoms with Gasteiger partial charge in [0.25, 0.3) is 0 Å². The van der Waals surface area contributed by atoms with Gasteiger partial charge in [0.05, 0.1) is 12.2 Å². The average molecular weight is 332 g/mol. The Bertz CT molecular complexity index is 699. The quantitative estimate of drug-likeness (QED) is 0.936. The van der Waals surface area contributed by atoms with Crippen LogP contribution in [0, 0.1) is 6.92 Å². The number of carbonyl (C=O) groups is 1. The lowest BCUT2D eigenvalue weighted by Crippen LogP contribution is -2.42. The molecule has 1 aliphatic carbocycles. The number of fused-ring (bicyclic) bond motifs is 1. The minimum Gasteiger partial charge on any atom is -0.332 e. The molecule has 6 heteroatoms. The molecule has 23 heavy (non-hydrogen) atoms. The summed E-state index contributed by atoms with van der Waals surface area (Å²) in [4.78, 5) is 18.8. The number of hydrogen-bond acceptors (Lipinski definition) is 3. The number of pyridine rings is 1. The fourth-order valence-electron chi connectivity index (χ4n) is 3.22. The van der Waals surface area contributed by atoms with Crippen LogP contribution >= 0.6 is 11.8 Å². The summed E-state index contributed by atoms with van der Waals surface area (Å²) >= 11 is 1.91. The van der Waals surface area contributed by atoms with E-state index in [4.69, 9.17) is 0 Å². The van der Waals surface area contributed by atoms with Gasteiger partial charge in [0.1, 0.15) is 5.65 Å². The molecule has 0 spiro atoms. The lowest BCUT2D eigenvalue weighted by atomic mass is 10.2. The second kappa shape index (κ2) is 6.83. The van der Waals surface area contributed by atoms with E-state index >= 15 is 0 Å². The molecule has 1 saturated carbocycles. The van der Waals surface area contributed by atoms with Gasteiger partial charge in [-0.2, -0.15) is 11.8 Å². The zero-order valence-electron chi connectivity index (χ0n) is 14.0. The first-order valence-corrected chi connectivity index (χ1v) is 9.34. The Morgan fingerprint density at radius 2 is 2.30 bits per heavy atom. The molecule has 2 unspecified atom stereocenters. The predicted molar refractivity (Wildman–Crippen MR) is 94.9 cm³/mol. The number of nitrogens with zero attached hydrogens (tertiary/aromatic N) is 3. The molecule has 1 aliphatic rings. The molecule has 1 N–H and O–H groups in total. The highest BCUT2D eigenvalue weighted by molar-refractivity contribution is 7.99. The molecule has 2 amide bonds. The van der Waals surface area contributed by atoms with E-state index in [2.05, 4.69) is 16.6 Å². The van der Waals surface area contributed by atoms with Crippen molar-refractivity contribution in [2.75, 3.05) is 13.3 Å². The molecule has 5 nitrogen and oxygen atoms in total. The third kappa shape index (κ3) is 3.47. The number of hydrogen-bond donors (Lipinski definition) is 1. The lowest BCUT2D eigenvalue weighted by molar-refractivity contribution is 0.190. The molecular formula is C17H24N4OS. The largest absolute Gasteiger partial charge is 0.332 e. The van der Waals surface area contributed by atoms with E-state index in [1.165, 1.54) is 6.42 Å². The molecule has 2 atom stereocenters. The highest BCUT2D eigenvalue weighted by Gasteiger charge is 2.29. The standard InChI is InChI=1S/C17H24N4OS/c1-12-5-4-6-16-19-13(11-21(12)16)10-18-17(22)20(2)14-7-8-15(9-14)23-3/h4-6,11,14-15H,7-10H2,1-3H3,(H,18,22). The van der Waals surface area contributed by atoms with E-state index in [1.54, 1.807) is 0 Å². The van der Waals surface area contributed by atoms with Crippen LogP contribution in [0.5, 0.6) is 0 Å². The van der Waals surface area contributed by atoms with Crippen molar-refractivity contribution < 1.29 is 4.79 Å². The summed E-state index contributed by atoms with van der Waals surface area (Å²) in [6.07, 6.45) is 7.54. The smallest absolute Gasteiger partial charge is 0.317 e. The Morgan fingerprint density at radius 3 is 3.00 bits per heavy atom. The van der Waals surface area contributed by atoms with Gasteiger partial charge in [0.15, 0.2) is 0 Å². The van der Waals surface area contributed by atoms with Crippen LogP contribution in [0.15, 0.2) is 24.4 Å². The van der Waals surface area contributed by atoms with Crippen LogP contribution in [0.4, 0.5) is 4.79 Å². The summed E-state index contributed by atoms with van der Waals surface area (Å²) in [6, 6.07) is 6.37. The van der Waals surface area contributed by atoms with E-state index in [0.717, 1.165) is 29.9 Å². The van der Waals surface area contributed by atoms with E-state index in [1.807, 2.05) is 59.4 Å². The molecular weight excluding hydrogens is 308 g/mol. The first-order chi connectivity index (χ1) is 11.1. The fraction of sp³-hybridized carbons (Fsp3) is 0.529. The van der Waals surface area contributed by atoms with Gasteiger partial charge in [-0.15, -0.1) is 0 Å². The van der Waals surface area contributed by atoms with Gasteiger partial charge < -0.3 is 14.6 Å². The molecule has 0 aromatic carbocycles. The second-order valence-electron chi connectivity index (χ2n) is 6.22. The number of aryl methyl sites for hydroxylation is 1. The maximum absolute atomic E-state index is 12.4. The van der Waals surface area contributed by atoms with Gasteiger partial charge in [-0.3, -0.25) is 0 Å². The van der Waals surface area contributed by atoms with Crippen molar-refractivity contribution in [3.63, 3.8) is 0 Å². The zero-order valence-corrected chi connectivity index (χ0v) is 14.8. The van der Waals surface area contributed by atoms with Gasteiger partial charge in [0, 0.05) is 30.2 Å². The Kier molecular flexibility index (Phi) is 4.80. The van der Waals surface area contributed by atoms with Crippen molar-refractivity contribution >= 4 is 23.4 Å². The fourth-order valence-corrected chi connectivity index (χ4v) is 4.01. The maximum atomic E-state index is 12.4. The number of aromatic nitrogens is 2. The second-order valence-corrected chi connectivity index (χ2v) is 7.36. The summed E-state index contributed by atoms with van der Waals surface area (Å²) in [5, 5.41) is 3.68. The van der Waals surface area contributed by atoms with Gasteiger partial charge in [-0.05, 0) is 44.6 Å². The lowest BCUT2D eigenvalue weighted by Gasteiger charge is -2.24. The Hall–Kier alpha value is -1.69. The van der Waals surface area contributed by atoms with Gasteiger partial charge in [-0.25, -0.2) is 9.78 Å². The zero-order chi connectivity index (χ0) is 16.4. The van der Waals surface area contributed by atoms with E-state index in [0.29, 0.717) is 17.8 Å². The van der Waals surface area contributed by atoms with Crippen LogP contribution in [0.1, 0.15) is 30.7 Å². The summed E-state index contributed by atoms with van der Waals surface area (Å²) in [7, 11) is 1.90. The number of imidazole rings is 1. The summed E-state index contributed by atoms with van der Waals surface area (Å²) in [5.74, 6) is 0. The highest BCUT2D eigenvalue weighted by atomic mass is 32.2. The molecule has 0 bridgehead atoms. The predicted octanol–water partition coefficient (Wildman–Crippen LogP) is 3.07. The van der Waals surface area contributed by atoms with Crippen LogP contribution in [-0.4, -0.2) is 44.9 Å². The van der Waals surface area contributed by atoms with Crippen LogP contribution < -0.4 is 5.32 Å². The third-order valence-electron chi connectivity index (χ3n) is 4.72. The molecule has 1 fully saturated rings. The van der Waals surface area contributed by atoms with Gasteiger partial charge in [-0.1, -0.05) is 6.07 Å². The minimum absolute atomic E-state index is 0.00877. The van der Waals surface area contributed by atoms with Crippen molar-refractivity contribution in [2.24, 2.45) is 0 Å². The minimum atomic E-state index is -0.00877. The third-order valence-corrected chi connectivity index (χ3v) is 5.82. The SMILES string of the molecule is CSC1CCC(N(C)C(=O)NCc2cn3c(C)cccc3n2)C1. The number of carbonyl (C=O) groups excluding carboxylic acids is 1. The van der Waals surface area contributed by atoms with E-state index < -0.39 is 0 Å². The summed E-state index contributed by atoms with van der Waals surface area (Å²) in [6.45, 7) is 2.51. The van der Waals surface area contributed by atoms with Crippen molar-refractivity contribution in [2.45, 2.75) is 44.0 Å². The highest BCUT2D eigenvalue weighted by Crippen LogP contribution is 2.30. The van der Waals surface area contributed by atoms with Crippen LogP contribution in [0.25, 0.3) is 5.65 Å². The van der Waals surface area contributed by atoms with Crippen LogP contribution in [-0.2, 0) is 6.54 Å². The number of amides is 2. The Labute approximate surface area is 141 Å². The number of urea groups is 1. The first-order valence-electron chi connectivity index (χ1n) is 8.05. The van der Waals surface area contributed by atoms with E-state index in [-0.39, 0.29) is 6.03 Å². The molecule has 2 heterocycles. The number of nitrogens with one attached hydrogen (secondary N) is 1. The van der Waals surface area contributed by atoms with Crippen molar-refractivity contribution in [1.29, 1.82) is 0 Å². The number of thioether (sulfide) groups is 1. The normalized spacial score (nSPS) is 20.8. The first kappa shape index (κ1) is 16.2. The molecule has 0 saturated heterocycles. The topological polar surface area (TPSA) is 49.6 Å². The summed E-state index contributed by atoms with van der Waals surface area (Å²) < 4.78 is 2.05. The molecule has 2 aromatic heterocycles. The molecule has 0 radical (unpaired) electrons. The van der Waals surface area contributed by atoms with Crippen molar-refractivity contribution in [3.8, 4) is 0 Å². The van der Waals surface area contributed by atoms with Gasteiger partial charge >= 0.3 is 6.03 Å². The Balaban J connectivity index is 1.58. The van der Waals surface area contributed by atoms with E-state index in [9.17, 15) is 4.79 Å². The molecule has 3 rings (SSSR count). The van der Waals surface area contributed by atoms with Crippen LogP contribution in [0.3, 0.4) is 0 Å². The molecule has 2 aromatic rings. The summed E-state index contributed by atoms with van der Waals surface area (Å²) in [5.41, 5.74) is 2.94. The average Bonchev–Trinajstić information content (AvgIpc) is 3.19. The molecule has 124 valence electrons. The van der Waals surface area contributed by atoms with Gasteiger partial charge in [0.2, 0.25) is 0 Å². The monoisotopic (exact) mass is 332 g/mol. The Morgan fingerprint density at radius 1 is 1.48 bits per heavy atom. The van der Waals surface area contributed by atoms with Crippen molar-refractivity contribution in [3.05, 3.63) is 35.8 Å². The van der Waals surface area contributed by atoms with Crippen LogP contribution in [0.2, 0.25) is 0 Å². The molecule has 0 aliphatic heterocycles. The number of rotatable bonds is 4. The van der Waals surface area contributed by atoms with Crippen molar-refractivity contribution in [1.82, 2.24) is 19.6 Å². The maximum Gasteiger partial charge on any atom is 0.317 e.